The summed E-state index contributed by atoms with van der Waals surface area (Å²) in [6.45, 7) is 0. The first-order chi connectivity index (χ1) is 13.5. The predicted octanol–water partition coefficient (Wildman–Crippen LogP) is 2.43. The first-order valence-corrected chi connectivity index (χ1v) is 10.1. The van der Waals surface area contributed by atoms with Crippen LogP contribution in [-0.4, -0.2) is 47.3 Å². The normalized spacial score (nSPS) is 12.2. The number of carboxylic acid groups (broad SMARTS) is 2. The fourth-order valence-corrected chi connectivity index (χ4v) is 4.13. The van der Waals surface area contributed by atoms with E-state index in [9.17, 15) is 33.2 Å². The Kier molecular flexibility index (Phi) is 6.77. The second-order valence-corrected chi connectivity index (χ2v) is 8.56. The molecule has 0 aromatic heterocycles. The number of nitrogens with one attached hydrogen (secondary N) is 1. The van der Waals surface area contributed by atoms with E-state index < -0.39 is 49.9 Å². The molecule has 29 heavy (non-hydrogen) atoms. The third kappa shape index (κ3) is 6.16. The van der Waals surface area contributed by atoms with E-state index in [-0.39, 0.29) is 11.3 Å². The van der Waals surface area contributed by atoms with Crippen molar-refractivity contribution in [2.24, 2.45) is 0 Å². The number of nitro benzene ring substituents is 1. The Bertz CT molecular complexity index is 1050. The molecule has 3 N–H and O–H groups in total. The van der Waals surface area contributed by atoms with Crippen LogP contribution < -0.4 is 5.32 Å². The zero-order chi connectivity index (χ0) is 21.8. The van der Waals surface area contributed by atoms with Crippen LogP contribution in [0.2, 0.25) is 5.02 Å². The number of rotatable bonds is 9. The Morgan fingerprint density at radius 1 is 1.14 bits per heavy atom. The highest BCUT2D eigenvalue weighted by atomic mass is 35.5. The molecule has 0 amide bonds. The van der Waals surface area contributed by atoms with Gasteiger partial charge in [-0.05, 0) is 29.8 Å². The summed E-state index contributed by atoms with van der Waals surface area (Å²) >= 11 is 5.74. The molecule has 0 radical (unpaired) electrons. The Labute approximate surface area is 169 Å². The van der Waals surface area contributed by atoms with Crippen molar-refractivity contribution in [3.05, 3.63) is 68.7 Å². The molecule has 12 heteroatoms. The van der Waals surface area contributed by atoms with Gasteiger partial charge >= 0.3 is 11.9 Å². The summed E-state index contributed by atoms with van der Waals surface area (Å²) in [6.07, 6.45) is 0. The van der Waals surface area contributed by atoms with Gasteiger partial charge in [-0.3, -0.25) is 10.1 Å². The highest BCUT2D eigenvalue weighted by Crippen LogP contribution is 2.27. The third-order valence-corrected chi connectivity index (χ3v) is 5.66. The molecular formula is C17H15ClN2O8S. The van der Waals surface area contributed by atoms with E-state index in [1.165, 1.54) is 24.3 Å². The summed E-state index contributed by atoms with van der Waals surface area (Å²) < 4.78 is 24.8. The maximum atomic E-state index is 12.4. The molecule has 154 valence electrons. The maximum absolute atomic E-state index is 12.4. The topological polar surface area (TPSA) is 164 Å². The lowest BCUT2D eigenvalue weighted by Gasteiger charge is -2.16. The molecule has 0 aliphatic rings. The minimum absolute atomic E-state index is 0.311. The molecule has 10 nitrogen and oxygen atoms in total. The zero-order valence-corrected chi connectivity index (χ0v) is 16.2. The van der Waals surface area contributed by atoms with Crippen LogP contribution in [0.25, 0.3) is 0 Å². The molecule has 2 aromatic rings. The number of carbonyl (C=O) groups is 2. The minimum atomic E-state index is -3.92. The van der Waals surface area contributed by atoms with Gasteiger partial charge in [0.2, 0.25) is 0 Å². The average molecular weight is 443 g/mol. The average Bonchev–Trinajstić information content (AvgIpc) is 2.62. The lowest BCUT2D eigenvalue weighted by Crippen LogP contribution is -2.37. The largest absolute Gasteiger partial charge is 0.480 e. The standard InChI is InChI=1S/C17H15ClN2O8S/c18-12-4-1-10(2-5-12)8-29(27,28)9-14(17(23)24)19-13-6-3-11(16(21)22)7-15(13)20(25)26/h1-7,14,19H,8-9H2,(H,21,22)(H,23,24)/t14-/m0/s1. The van der Waals surface area contributed by atoms with E-state index in [1.807, 2.05) is 0 Å². The smallest absolute Gasteiger partial charge is 0.335 e. The number of hydrogen-bond donors (Lipinski definition) is 3. The van der Waals surface area contributed by atoms with E-state index >= 15 is 0 Å². The summed E-state index contributed by atoms with van der Waals surface area (Å²) in [5.74, 6) is -4.24. The number of carboxylic acids is 2. The molecule has 0 bridgehead atoms. The first-order valence-electron chi connectivity index (χ1n) is 7.94. The number of hydrogen-bond acceptors (Lipinski definition) is 7. The van der Waals surface area contributed by atoms with Crippen LogP contribution >= 0.6 is 11.6 Å². The second kappa shape index (κ2) is 8.88. The number of anilines is 1. The van der Waals surface area contributed by atoms with Gasteiger partial charge in [-0.15, -0.1) is 0 Å². The van der Waals surface area contributed by atoms with Gasteiger partial charge in [0.05, 0.1) is 22.0 Å². The monoisotopic (exact) mass is 442 g/mol. The van der Waals surface area contributed by atoms with Gasteiger partial charge in [0, 0.05) is 11.1 Å². The summed E-state index contributed by atoms with van der Waals surface area (Å²) in [5, 5.41) is 32.2. The second-order valence-electron chi connectivity index (χ2n) is 6.01. The Morgan fingerprint density at radius 3 is 2.28 bits per heavy atom. The van der Waals surface area contributed by atoms with Crippen LogP contribution in [0, 0.1) is 10.1 Å². The molecule has 1 atom stereocenters. The van der Waals surface area contributed by atoms with Crippen LogP contribution in [-0.2, 0) is 20.4 Å². The van der Waals surface area contributed by atoms with Crippen LogP contribution in [0.3, 0.4) is 0 Å². The van der Waals surface area contributed by atoms with Crippen LogP contribution in [0.1, 0.15) is 15.9 Å². The molecule has 2 rings (SSSR count). The zero-order valence-electron chi connectivity index (χ0n) is 14.6. The van der Waals surface area contributed by atoms with Gasteiger partial charge in [-0.1, -0.05) is 23.7 Å². The molecule has 0 aliphatic carbocycles. The van der Waals surface area contributed by atoms with Gasteiger partial charge in [0.25, 0.3) is 5.69 Å². The molecule has 0 aliphatic heterocycles. The van der Waals surface area contributed by atoms with E-state index in [0.717, 1.165) is 18.2 Å². The van der Waals surface area contributed by atoms with E-state index in [4.69, 9.17) is 16.7 Å². The highest BCUT2D eigenvalue weighted by molar-refractivity contribution is 7.90. The van der Waals surface area contributed by atoms with Crippen LogP contribution in [0.4, 0.5) is 11.4 Å². The van der Waals surface area contributed by atoms with Crippen molar-refractivity contribution < 1.29 is 33.1 Å². The molecule has 0 saturated carbocycles. The van der Waals surface area contributed by atoms with Crippen LogP contribution in [0.15, 0.2) is 42.5 Å². The quantitative estimate of drug-likeness (QED) is 0.390. The molecule has 0 saturated heterocycles. The number of aliphatic carboxylic acids is 1. The molecule has 0 spiro atoms. The van der Waals surface area contributed by atoms with Crippen molar-refractivity contribution in [3.8, 4) is 0 Å². The number of aromatic carboxylic acids is 1. The summed E-state index contributed by atoms with van der Waals surface area (Å²) in [7, 11) is -3.92. The van der Waals surface area contributed by atoms with Crippen molar-refractivity contribution in [2.75, 3.05) is 11.1 Å². The number of nitrogens with zero attached hydrogens (tertiary/aromatic N) is 1. The summed E-state index contributed by atoms with van der Waals surface area (Å²) in [5.41, 5.74) is -0.972. The van der Waals surface area contributed by atoms with E-state index in [0.29, 0.717) is 10.6 Å². The maximum Gasteiger partial charge on any atom is 0.335 e. The first kappa shape index (κ1) is 22.1. The third-order valence-electron chi connectivity index (χ3n) is 3.79. The van der Waals surface area contributed by atoms with Crippen molar-refractivity contribution in [1.82, 2.24) is 0 Å². The van der Waals surface area contributed by atoms with Crippen molar-refractivity contribution in [1.29, 1.82) is 0 Å². The number of nitro groups is 1. The summed E-state index contributed by atoms with van der Waals surface area (Å²) in [6, 6.07) is 7.08. The van der Waals surface area contributed by atoms with Gasteiger partial charge in [-0.25, -0.2) is 18.0 Å². The number of halogens is 1. The molecule has 0 fully saturated rings. The van der Waals surface area contributed by atoms with Gasteiger partial charge in [0.1, 0.15) is 11.7 Å². The van der Waals surface area contributed by atoms with Gasteiger partial charge in [-0.2, -0.15) is 0 Å². The minimum Gasteiger partial charge on any atom is -0.480 e. The fraction of sp³-hybridized carbons (Fsp3) is 0.176. The molecule has 2 aromatic carbocycles. The van der Waals surface area contributed by atoms with Crippen molar-refractivity contribution >= 4 is 44.8 Å². The van der Waals surface area contributed by atoms with E-state index in [2.05, 4.69) is 5.32 Å². The van der Waals surface area contributed by atoms with Crippen molar-refractivity contribution in [2.45, 2.75) is 11.8 Å². The highest BCUT2D eigenvalue weighted by Gasteiger charge is 2.28. The fourth-order valence-electron chi connectivity index (χ4n) is 2.45. The Balaban J connectivity index is 2.26. The molecular weight excluding hydrogens is 428 g/mol. The van der Waals surface area contributed by atoms with E-state index in [1.54, 1.807) is 0 Å². The number of benzene rings is 2. The predicted molar refractivity (Wildman–Crippen MR) is 104 cm³/mol. The van der Waals surface area contributed by atoms with Gasteiger partial charge < -0.3 is 15.5 Å². The lowest BCUT2D eigenvalue weighted by molar-refractivity contribution is -0.384. The number of sulfone groups is 1. The Hall–Kier alpha value is -3.18. The van der Waals surface area contributed by atoms with Crippen molar-refractivity contribution in [3.63, 3.8) is 0 Å². The molecule has 0 unspecified atom stereocenters. The lowest BCUT2D eigenvalue weighted by atomic mass is 10.1. The van der Waals surface area contributed by atoms with Gasteiger partial charge in [0.15, 0.2) is 9.84 Å². The Morgan fingerprint density at radius 2 is 1.76 bits per heavy atom. The summed E-state index contributed by atoms with van der Waals surface area (Å²) in [4.78, 5) is 32.8. The van der Waals surface area contributed by atoms with Crippen LogP contribution in [0.5, 0.6) is 0 Å². The molecule has 0 heterocycles. The SMILES string of the molecule is O=C(O)c1ccc(N[C@@H](CS(=O)(=O)Cc2ccc(Cl)cc2)C(=O)O)c([N+](=O)[O-])c1.